The molecular weight excluding hydrogens is 274 g/mol. The van der Waals surface area contributed by atoms with Gasteiger partial charge in [-0.2, -0.15) is 0 Å². The molecular formula is C18H21N3O. The van der Waals surface area contributed by atoms with Crippen LogP contribution in [-0.2, 0) is 0 Å². The normalized spacial score (nSPS) is 13.5. The molecule has 2 aromatic rings. The number of carbonyl (C=O) groups is 1. The van der Waals surface area contributed by atoms with Gasteiger partial charge in [0, 0.05) is 13.1 Å². The van der Waals surface area contributed by atoms with Crippen molar-refractivity contribution in [2.75, 3.05) is 37.4 Å². The lowest BCUT2D eigenvalue weighted by Crippen LogP contribution is -2.36. The molecule has 0 saturated carbocycles. The van der Waals surface area contributed by atoms with E-state index < -0.39 is 0 Å². The van der Waals surface area contributed by atoms with Crippen molar-refractivity contribution in [2.45, 2.75) is 6.92 Å². The van der Waals surface area contributed by atoms with Gasteiger partial charge in [0.25, 0.3) is 5.91 Å². The van der Waals surface area contributed by atoms with E-state index in [1.165, 1.54) is 0 Å². The Morgan fingerprint density at radius 3 is 2.64 bits per heavy atom. The first-order valence-electron chi connectivity index (χ1n) is 7.49. The number of hydrogen-bond donors (Lipinski definition) is 1. The molecule has 0 spiro atoms. The minimum atomic E-state index is 0.0503. The lowest BCUT2D eigenvalue weighted by atomic mass is 10.1. The molecule has 0 fully saturated rings. The van der Waals surface area contributed by atoms with E-state index in [1.807, 2.05) is 56.3 Å². The predicted octanol–water partition coefficient (Wildman–Crippen LogP) is 3.26. The minimum absolute atomic E-state index is 0.0503. The van der Waals surface area contributed by atoms with Gasteiger partial charge >= 0.3 is 0 Å². The maximum atomic E-state index is 13.0. The quantitative estimate of drug-likeness (QED) is 0.944. The number of anilines is 3. The van der Waals surface area contributed by atoms with Crippen molar-refractivity contribution >= 4 is 23.0 Å². The average Bonchev–Trinajstić information content (AvgIpc) is 2.60. The summed E-state index contributed by atoms with van der Waals surface area (Å²) in [6, 6.07) is 13.9. The number of nitrogens with zero attached hydrogens (tertiary/aromatic N) is 2. The third kappa shape index (κ3) is 2.70. The summed E-state index contributed by atoms with van der Waals surface area (Å²) in [5.74, 6) is 0.0503. The van der Waals surface area contributed by atoms with Crippen molar-refractivity contribution in [1.29, 1.82) is 0 Å². The molecule has 0 aromatic heterocycles. The Hall–Kier alpha value is -2.33. The highest BCUT2D eigenvalue weighted by Gasteiger charge is 2.26. The monoisotopic (exact) mass is 295 g/mol. The van der Waals surface area contributed by atoms with Crippen molar-refractivity contribution in [3.63, 3.8) is 0 Å². The molecule has 1 aliphatic heterocycles. The number of rotatable bonds is 3. The lowest BCUT2D eigenvalue weighted by Gasteiger charge is -2.24. The molecule has 0 aliphatic carbocycles. The fraction of sp³-hybridized carbons (Fsp3) is 0.278. The minimum Gasteiger partial charge on any atom is -0.353 e. The summed E-state index contributed by atoms with van der Waals surface area (Å²) in [4.78, 5) is 17.0. The number of para-hydroxylation sites is 1. The molecule has 0 unspecified atom stereocenters. The first kappa shape index (κ1) is 14.6. The first-order chi connectivity index (χ1) is 10.6. The average molecular weight is 295 g/mol. The van der Waals surface area contributed by atoms with Crippen molar-refractivity contribution in [3.8, 4) is 0 Å². The molecule has 4 heteroatoms. The molecule has 2 aromatic carbocycles. The summed E-state index contributed by atoms with van der Waals surface area (Å²) in [6.07, 6.45) is 0. The molecule has 1 heterocycles. The van der Waals surface area contributed by atoms with Crippen molar-refractivity contribution in [2.24, 2.45) is 0 Å². The third-order valence-electron chi connectivity index (χ3n) is 3.89. The molecule has 114 valence electrons. The number of likely N-dealkylation sites (N-methyl/N-ethyl adjacent to an activating group) is 1. The van der Waals surface area contributed by atoms with E-state index in [1.54, 1.807) is 0 Å². The number of carbonyl (C=O) groups excluding carboxylic acids is 1. The second-order valence-corrected chi connectivity index (χ2v) is 5.95. The standard InChI is InChI=1S/C18H21N3O/c1-13-8-9-16-17(12-13)21(11-10-20(2)3)18(22)14-6-4-5-7-15(14)19-16/h4-9,12,19H,10-11H2,1-3H3. The fourth-order valence-corrected chi connectivity index (χ4v) is 2.67. The number of amides is 1. The number of hydrogen-bond acceptors (Lipinski definition) is 3. The summed E-state index contributed by atoms with van der Waals surface area (Å²) >= 11 is 0. The molecule has 1 N–H and O–H groups in total. The van der Waals surface area contributed by atoms with Gasteiger partial charge in [-0.3, -0.25) is 4.79 Å². The Labute approximate surface area is 131 Å². The number of aryl methyl sites for hydroxylation is 1. The van der Waals surface area contributed by atoms with Crippen LogP contribution in [0.25, 0.3) is 0 Å². The Kier molecular flexibility index (Phi) is 3.86. The van der Waals surface area contributed by atoms with E-state index in [9.17, 15) is 4.79 Å². The number of benzene rings is 2. The van der Waals surface area contributed by atoms with Gasteiger partial charge in [0.2, 0.25) is 0 Å². The molecule has 1 amide bonds. The van der Waals surface area contributed by atoms with Gasteiger partial charge in [0.15, 0.2) is 0 Å². The van der Waals surface area contributed by atoms with Crippen LogP contribution in [0.1, 0.15) is 15.9 Å². The maximum Gasteiger partial charge on any atom is 0.260 e. The zero-order valence-electron chi connectivity index (χ0n) is 13.3. The van der Waals surface area contributed by atoms with Crippen molar-refractivity contribution in [3.05, 3.63) is 53.6 Å². The molecule has 3 rings (SSSR count). The molecule has 0 saturated heterocycles. The van der Waals surface area contributed by atoms with Crippen LogP contribution in [0.15, 0.2) is 42.5 Å². The fourth-order valence-electron chi connectivity index (χ4n) is 2.67. The van der Waals surface area contributed by atoms with Gasteiger partial charge < -0.3 is 15.1 Å². The zero-order valence-corrected chi connectivity index (χ0v) is 13.3. The van der Waals surface area contributed by atoms with Crippen LogP contribution in [0.3, 0.4) is 0 Å². The van der Waals surface area contributed by atoms with Crippen LogP contribution < -0.4 is 10.2 Å². The van der Waals surface area contributed by atoms with Gasteiger partial charge in [-0.15, -0.1) is 0 Å². The third-order valence-corrected chi connectivity index (χ3v) is 3.89. The summed E-state index contributed by atoms with van der Waals surface area (Å²) in [7, 11) is 4.04. The van der Waals surface area contributed by atoms with E-state index in [2.05, 4.69) is 22.3 Å². The van der Waals surface area contributed by atoms with Gasteiger partial charge in [-0.1, -0.05) is 18.2 Å². The Morgan fingerprint density at radius 2 is 1.86 bits per heavy atom. The van der Waals surface area contributed by atoms with Gasteiger partial charge in [-0.05, 0) is 50.8 Å². The molecule has 22 heavy (non-hydrogen) atoms. The van der Waals surface area contributed by atoms with Crippen LogP contribution in [-0.4, -0.2) is 38.0 Å². The highest BCUT2D eigenvalue weighted by atomic mass is 16.2. The zero-order chi connectivity index (χ0) is 15.7. The van der Waals surface area contributed by atoms with E-state index in [-0.39, 0.29) is 5.91 Å². The first-order valence-corrected chi connectivity index (χ1v) is 7.49. The molecule has 4 nitrogen and oxygen atoms in total. The smallest absolute Gasteiger partial charge is 0.260 e. The Bertz CT molecular complexity index is 709. The van der Waals surface area contributed by atoms with Crippen molar-refractivity contribution < 1.29 is 4.79 Å². The highest BCUT2D eigenvalue weighted by Crippen LogP contribution is 2.36. The van der Waals surface area contributed by atoms with Crippen LogP contribution in [0.2, 0.25) is 0 Å². The summed E-state index contributed by atoms with van der Waals surface area (Å²) in [6.45, 7) is 3.53. The molecule has 1 aliphatic rings. The predicted molar refractivity (Wildman–Crippen MR) is 91.1 cm³/mol. The second-order valence-electron chi connectivity index (χ2n) is 5.95. The maximum absolute atomic E-state index is 13.0. The molecule has 0 atom stereocenters. The summed E-state index contributed by atoms with van der Waals surface area (Å²) in [5.41, 5.74) is 4.65. The lowest BCUT2D eigenvalue weighted by molar-refractivity contribution is 0.0986. The number of nitrogens with one attached hydrogen (secondary N) is 1. The van der Waals surface area contributed by atoms with E-state index >= 15 is 0 Å². The number of fused-ring (bicyclic) bond motifs is 2. The Balaban J connectivity index is 2.10. The summed E-state index contributed by atoms with van der Waals surface area (Å²) in [5, 5.41) is 3.40. The topological polar surface area (TPSA) is 35.6 Å². The van der Waals surface area contributed by atoms with E-state index in [0.717, 1.165) is 34.7 Å². The molecule has 0 bridgehead atoms. The van der Waals surface area contributed by atoms with E-state index in [0.29, 0.717) is 6.54 Å². The Morgan fingerprint density at radius 1 is 1.09 bits per heavy atom. The highest BCUT2D eigenvalue weighted by molar-refractivity contribution is 6.13. The van der Waals surface area contributed by atoms with Crippen LogP contribution in [0.5, 0.6) is 0 Å². The van der Waals surface area contributed by atoms with E-state index in [4.69, 9.17) is 0 Å². The van der Waals surface area contributed by atoms with Crippen LogP contribution in [0.4, 0.5) is 17.1 Å². The van der Waals surface area contributed by atoms with Crippen molar-refractivity contribution in [1.82, 2.24) is 4.90 Å². The van der Waals surface area contributed by atoms with Crippen LogP contribution >= 0.6 is 0 Å². The van der Waals surface area contributed by atoms with Gasteiger partial charge in [0.05, 0.1) is 22.6 Å². The van der Waals surface area contributed by atoms with Gasteiger partial charge in [-0.25, -0.2) is 0 Å². The second kappa shape index (κ2) is 5.81. The largest absolute Gasteiger partial charge is 0.353 e. The van der Waals surface area contributed by atoms with Crippen LogP contribution in [0, 0.1) is 6.92 Å². The summed E-state index contributed by atoms with van der Waals surface area (Å²) < 4.78 is 0. The SMILES string of the molecule is Cc1ccc2c(c1)N(CCN(C)C)C(=O)c1ccccc1N2. The van der Waals surface area contributed by atoms with Gasteiger partial charge in [0.1, 0.15) is 0 Å². The molecule has 0 radical (unpaired) electrons.